The highest BCUT2D eigenvalue weighted by atomic mass is 32.2. The van der Waals surface area contributed by atoms with Crippen LogP contribution in [0.15, 0.2) is 23.4 Å². The lowest BCUT2D eigenvalue weighted by molar-refractivity contribution is -0.119. The van der Waals surface area contributed by atoms with Crippen LogP contribution in [0.5, 0.6) is 0 Å². The zero-order valence-corrected chi connectivity index (χ0v) is 8.74. The molecule has 0 fully saturated rings. The van der Waals surface area contributed by atoms with Crippen molar-refractivity contribution >= 4 is 22.7 Å². The van der Waals surface area contributed by atoms with Gasteiger partial charge in [-0.05, 0) is 23.2 Å². The van der Waals surface area contributed by atoms with E-state index < -0.39 is 17.0 Å². The minimum absolute atomic E-state index is 0.139. The molecule has 0 saturated carbocycles. The van der Waals surface area contributed by atoms with Gasteiger partial charge in [-0.3, -0.25) is 9.00 Å². The predicted molar refractivity (Wildman–Crippen MR) is 51.9 cm³/mol. The fourth-order valence-corrected chi connectivity index (χ4v) is 1.38. The van der Waals surface area contributed by atoms with E-state index in [1.165, 1.54) is 25.4 Å². The standard InChI is InChI=1S/C8H10N2O4S/c1-14-5-7(11)10-6-3-2-4-9-8(6)15(12)13/h2-4H,5H2,1H3,(H,10,11)(H,12,13)/p-1. The molecule has 0 spiro atoms. The smallest absolute Gasteiger partial charge is 0.250 e. The van der Waals surface area contributed by atoms with Gasteiger partial charge in [0.05, 0.1) is 5.69 Å². The summed E-state index contributed by atoms with van der Waals surface area (Å²) in [6.45, 7) is -0.139. The van der Waals surface area contributed by atoms with Gasteiger partial charge in [-0.15, -0.1) is 0 Å². The van der Waals surface area contributed by atoms with E-state index in [4.69, 9.17) is 0 Å². The molecule has 0 saturated heterocycles. The highest BCUT2D eigenvalue weighted by Crippen LogP contribution is 2.14. The van der Waals surface area contributed by atoms with E-state index in [-0.39, 0.29) is 17.3 Å². The summed E-state index contributed by atoms with van der Waals surface area (Å²) in [7, 11) is 1.37. The van der Waals surface area contributed by atoms with Gasteiger partial charge >= 0.3 is 0 Å². The molecule has 1 heterocycles. The maximum atomic E-state index is 11.1. The van der Waals surface area contributed by atoms with E-state index in [2.05, 4.69) is 15.0 Å². The molecule has 6 nitrogen and oxygen atoms in total. The number of carbonyl (C=O) groups excluding carboxylic acids is 1. The number of pyridine rings is 1. The zero-order chi connectivity index (χ0) is 11.3. The first-order valence-electron chi connectivity index (χ1n) is 3.98. The van der Waals surface area contributed by atoms with Crippen LogP contribution < -0.4 is 5.32 Å². The molecule has 1 aromatic heterocycles. The quantitative estimate of drug-likeness (QED) is 0.728. The minimum Gasteiger partial charge on any atom is -0.767 e. The van der Waals surface area contributed by atoms with Crippen molar-refractivity contribution in [2.45, 2.75) is 5.03 Å². The van der Waals surface area contributed by atoms with Crippen LogP contribution in [0.2, 0.25) is 0 Å². The normalized spacial score (nSPS) is 12.1. The lowest BCUT2D eigenvalue weighted by atomic mass is 10.4. The Morgan fingerprint density at radius 3 is 3.07 bits per heavy atom. The van der Waals surface area contributed by atoms with Crippen molar-refractivity contribution in [2.24, 2.45) is 0 Å². The van der Waals surface area contributed by atoms with Crippen LogP contribution >= 0.6 is 0 Å². The van der Waals surface area contributed by atoms with Gasteiger partial charge in [0.15, 0.2) is 0 Å². The Bertz CT molecular complexity index is 383. The SMILES string of the molecule is COCC(=O)Nc1cccnc1S(=O)[O-]. The topological polar surface area (TPSA) is 91.3 Å². The monoisotopic (exact) mass is 229 g/mol. The molecule has 82 valence electrons. The van der Waals surface area contributed by atoms with Gasteiger partial charge in [0, 0.05) is 13.3 Å². The molecular formula is C8H9N2O4S-. The molecule has 1 N–H and O–H groups in total. The van der Waals surface area contributed by atoms with Crippen molar-refractivity contribution in [3.63, 3.8) is 0 Å². The van der Waals surface area contributed by atoms with E-state index in [1.54, 1.807) is 0 Å². The molecular weight excluding hydrogens is 220 g/mol. The number of hydrogen-bond donors (Lipinski definition) is 1. The zero-order valence-electron chi connectivity index (χ0n) is 7.93. The number of hydrogen-bond acceptors (Lipinski definition) is 5. The van der Waals surface area contributed by atoms with E-state index >= 15 is 0 Å². The maximum absolute atomic E-state index is 11.1. The molecule has 0 aliphatic rings. The Labute approximate surface area is 88.9 Å². The first-order chi connectivity index (χ1) is 7.15. The number of anilines is 1. The first kappa shape index (κ1) is 11.8. The number of nitrogens with zero attached hydrogens (tertiary/aromatic N) is 1. The summed E-state index contributed by atoms with van der Waals surface area (Å²) in [6, 6.07) is 2.98. The predicted octanol–water partition coefficient (Wildman–Crippen LogP) is -0.0955. The van der Waals surface area contributed by atoms with Crippen LogP contribution in [0.4, 0.5) is 5.69 Å². The molecule has 7 heteroatoms. The lowest BCUT2D eigenvalue weighted by Gasteiger charge is -2.10. The second-order valence-electron chi connectivity index (χ2n) is 2.57. The average Bonchev–Trinajstić information content (AvgIpc) is 2.18. The number of aromatic nitrogens is 1. The molecule has 0 aliphatic carbocycles. The van der Waals surface area contributed by atoms with Crippen LogP contribution in [-0.2, 0) is 20.6 Å². The molecule has 1 unspecified atom stereocenters. The number of nitrogens with one attached hydrogen (secondary N) is 1. The molecule has 1 atom stereocenters. The van der Waals surface area contributed by atoms with E-state index in [0.717, 1.165) is 0 Å². The van der Waals surface area contributed by atoms with Gasteiger partial charge in [-0.2, -0.15) is 0 Å². The lowest BCUT2D eigenvalue weighted by Crippen LogP contribution is -2.18. The van der Waals surface area contributed by atoms with Crippen LogP contribution in [-0.4, -0.2) is 33.4 Å². The Morgan fingerprint density at radius 2 is 2.47 bits per heavy atom. The van der Waals surface area contributed by atoms with Crippen molar-refractivity contribution in [1.82, 2.24) is 4.98 Å². The van der Waals surface area contributed by atoms with Gasteiger partial charge in [-0.1, -0.05) is 0 Å². The van der Waals surface area contributed by atoms with Gasteiger partial charge in [0.1, 0.15) is 11.6 Å². The molecule has 0 bridgehead atoms. The van der Waals surface area contributed by atoms with Gasteiger partial charge < -0.3 is 14.6 Å². The average molecular weight is 229 g/mol. The maximum Gasteiger partial charge on any atom is 0.250 e. The molecule has 15 heavy (non-hydrogen) atoms. The molecule has 1 amide bonds. The molecule has 1 rings (SSSR count). The van der Waals surface area contributed by atoms with Crippen LogP contribution in [0.1, 0.15) is 0 Å². The Kier molecular flexibility index (Phi) is 4.35. The summed E-state index contributed by atoms with van der Waals surface area (Å²) in [5, 5.41) is 2.18. The molecule has 0 radical (unpaired) electrons. The fraction of sp³-hybridized carbons (Fsp3) is 0.250. The van der Waals surface area contributed by atoms with Crippen molar-refractivity contribution in [2.75, 3.05) is 19.0 Å². The molecule has 1 aromatic rings. The van der Waals surface area contributed by atoms with Crippen molar-refractivity contribution in [3.05, 3.63) is 18.3 Å². The number of carbonyl (C=O) groups is 1. The number of amides is 1. The number of rotatable bonds is 4. The van der Waals surface area contributed by atoms with Crippen molar-refractivity contribution < 1.29 is 18.3 Å². The van der Waals surface area contributed by atoms with E-state index in [9.17, 15) is 13.6 Å². The number of methoxy groups -OCH3 is 1. The van der Waals surface area contributed by atoms with E-state index in [1.807, 2.05) is 0 Å². The third kappa shape index (κ3) is 3.39. The molecule has 0 aromatic carbocycles. The summed E-state index contributed by atoms with van der Waals surface area (Å²) in [4.78, 5) is 14.7. The summed E-state index contributed by atoms with van der Waals surface area (Å²) in [5.41, 5.74) is 0.146. The highest BCUT2D eigenvalue weighted by molar-refractivity contribution is 7.79. The summed E-state index contributed by atoms with van der Waals surface area (Å²) >= 11 is -2.48. The Balaban J connectivity index is 2.84. The van der Waals surface area contributed by atoms with Gasteiger partial charge in [-0.25, -0.2) is 4.98 Å². The second-order valence-corrected chi connectivity index (χ2v) is 3.43. The highest BCUT2D eigenvalue weighted by Gasteiger charge is 2.07. The summed E-state index contributed by atoms with van der Waals surface area (Å²) < 4.78 is 26.0. The minimum atomic E-state index is -2.48. The largest absolute Gasteiger partial charge is 0.767 e. The van der Waals surface area contributed by atoms with Crippen LogP contribution in [0, 0.1) is 0 Å². The Hall–Kier alpha value is -1.31. The second kappa shape index (κ2) is 5.54. The summed E-state index contributed by atoms with van der Waals surface area (Å²) in [5.74, 6) is -0.433. The first-order valence-corrected chi connectivity index (χ1v) is 5.05. The van der Waals surface area contributed by atoms with Crippen LogP contribution in [0.3, 0.4) is 0 Å². The van der Waals surface area contributed by atoms with Gasteiger partial charge in [0.2, 0.25) is 5.91 Å². The Morgan fingerprint density at radius 1 is 1.73 bits per heavy atom. The van der Waals surface area contributed by atoms with Crippen molar-refractivity contribution in [1.29, 1.82) is 0 Å². The van der Waals surface area contributed by atoms with Gasteiger partial charge in [0.25, 0.3) is 0 Å². The third-order valence-corrected chi connectivity index (χ3v) is 2.12. The number of ether oxygens (including phenoxy) is 1. The van der Waals surface area contributed by atoms with E-state index in [0.29, 0.717) is 0 Å². The fourth-order valence-electron chi connectivity index (χ4n) is 0.936. The summed E-state index contributed by atoms with van der Waals surface area (Å²) in [6.07, 6.45) is 1.33. The van der Waals surface area contributed by atoms with Crippen molar-refractivity contribution in [3.8, 4) is 0 Å². The van der Waals surface area contributed by atoms with Crippen LogP contribution in [0.25, 0.3) is 0 Å². The third-order valence-electron chi connectivity index (χ3n) is 1.48. The molecule has 0 aliphatic heterocycles.